The molecule has 1 saturated carbocycles. The molecule has 156 valence electrons. The number of carbonyl (C=O) groups excluding carboxylic acids is 1. The minimum Gasteiger partial charge on any atom is -0.378 e. The fraction of sp³-hybridized carbons (Fsp3) is 0.696. The lowest BCUT2D eigenvalue weighted by Crippen LogP contribution is -2.75. The lowest BCUT2D eigenvalue weighted by atomic mass is 9.54. The van der Waals surface area contributed by atoms with Crippen molar-refractivity contribution in [2.75, 3.05) is 19.7 Å². The second kappa shape index (κ2) is 8.93. The van der Waals surface area contributed by atoms with Gasteiger partial charge in [0.1, 0.15) is 5.54 Å². The second-order valence-corrected chi connectivity index (χ2v) is 9.03. The van der Waals surface area contributed by atoms with Gasteiger partial charge in [0.05, 0.1) is 6.10 Å². The van der Waals surface area contributed by atoms with Gasteiger partial charge in [-0.1, -0.05) is 51.0 Å². The van der Waals surface area contributed by atoms with Crippen molar-refractivity contribution < 1.29 is 9.53 Å². The van der Waals surface area contributed by atoms with Crippen molar-refractivity contribution in [1.29, 1.82) is 0 Å². The van der Waals surface area contributed by atoms with Crippen LogP contribution in [0.4, 0.5) is 0 Å². The molecular weight excluding hydrogens is 350 g/mol. The van der Waals surface area contributed by atoms with Crippen LogP contribution in [0.2, 0.25) is 0 Å². The van der Waals surface area contributed by atoms with E-state index in [9.17, 15) is 4.79 Å². The molecule has 0 radical (unpaired) electrons. The lowest BCUT2D eigenvalue weighted by Gasteiger charge is -2.57. The SMILES string of the molecule is CCOC1CC(N)(C(=O)NCc2ccc(CN3CCCCCC3)cc2)C1(C)C. The molecular formula is C23H37N3O2. The summed E-state index contributed by atoms with van der Waals surface area (Å²) >= 11 is 0. The Bertz CT molecular complexity index is 650. The summed E-state index contributed by atoms with van der Waals surface area (Å²) in [6.45, 7) is 10.6. The quantitative estimate of drug-likeness (QED) is 0.754. The van der Waals surface area contributed by atoms with Crippen LogP contribution in [0, 0.1) is 5.41 Å². The van der Waals surface area contributed by atoms with Crippen LogP contribution in [0.15, 0.2) is 24.3 Å². The minimum atomic E-state index is -0.862. The van der Waals surface area contributed by atoms with Gasteiger partial charge in [-0.05, 0) is 44.0 Å². The average Bonchev–Trinajstić information content (AvgIpc) is 2.95. The van der Waals surface area contributed by atoms with Crippen LogP contribution in [-0.4, -0.2) is 42.1 Å². The average molecular weight is 388 g/mol. The maximum atomic E-state index is 12.7. The van der Waals surface area contributed by atoms with E-state index in [2.05, 4.69) is 34.5 Å². The Morgan fingerprint density at radius 1 is 1.14 bits per heavy atom. The molecule has 5 nitrogen and oxygen atoms in total. The van der Waals surface area contributed by atoms with Crippen molar-refractivity contribution in [1.82, 2.24) is 10.2 Å². The van der Waals surface area contributed by atoms with E-state index < -0.39 is 5.54 Å². The van der Waals surface area contributed by atoms with E-state index in [1.807, 2.05) is 20.8 Å². The van der Waals surface area contributed by atoms with Crippen molar-refractivity contribution in [2.24, 2.45) is 11.1 Å². The largest absolute Gasteiger partial charge is 0.378 e. The Hall–Kier alpha value is -1.43. The van der Waals surface area contributed by atoms with Crippen LogP contribution < -0.4 is 11.1 Å². The van der Waals surface area contributed by atoms with Crippen LogP contribution in [-0.2, 0) is 22.6 Å². The van der Waals surface area contributed by atoms with Gasteiger partial charge < -0.3 is 15.8 Å². The number of benzene rings is 1. The van der Waals surface area contributed by atoms with Crippen molar-refractivity contribution >= 4 is 5.91 Å². The number of nitrogens with one attached hydrogen (secondary N) is 1. The van der Waals surface area contributed by atoms with Crippen molar-refractivity contribution in [3.8, 4) is 0 Å². The Labute approximate surface area is 170 Å². The third kappa shape index (κ3) is 4.42. The number of hydrogen-bond donors (Lipinski definition) is 2. The van der Waals surface area contributed by atoms with E-state index >= 15 is 0 Å². The highest BCUT2D eigenvalue weighted by Gasteiger charge is 2.62. The number of amides is 1. The molecule has 1 amide bonds. The number of ether oxygens (including phenoxy) is 1. The Kier molecular flexibility index (Phi) is 6.79. The van der Waals surface area contributed by atoms with Crippen LogP contribution in [0.25, 0.3) is 0 Å². The van der Waals surface area contributed by atoms with Gasteiger partial charge in [-0.3, -0.25) is 9.69 Å². The van der Waals surface area contributed by atoms with E-state index in [0.717, 1.165) is 12.1 Å². The molecule has 1 heterocycles. The van der Waals surface area contributed by atoms with E-state index in [-0.39, 0.29) is 17.4 Å². The molecule has 2 fully saturated rings. The first kappa shape index (κ1) is 21.3. The number of hydrogen-bond acceptors (Lipinski definition) is 4. The summed E-state index contributed by atoms with van der Waals surface area (Å²) in [6, 6.07) is 8.60. The summed E-state index contributed by atoms with van der Waals surface area (Å²) in [6.07, 6.45) is 5.97. The third-order valence-electron chi connectivity index (χ3n) is 6.82. The topological polar surface area (TPSA) is 67.6 Å². The molecule has 1 aliphatic heterocycles. The first-order valence-corrected chi connectivity index (χ1v) is 10.9. The summed E-state index contributed by atoms with van der Waals surface area (Å²) in [5.41, 5.74) is 7.68. The van der Waals surface area contributed by atoms with Gasteiger partial charge in [-0.25, -0.2) is 0 Å². The maximum Gasteiger partial charge on any atom is 0.241 e. The molecule has 0 aromatic heterocycles. The van der Waals surface area contributed by atoms with E-state index in [4.69, 9.17) is 10.5 Å². The minimum absolute atomic E-state index is 0.0477. The van der Waals surface area contributed by atoms with E-state index in [1.54, 1.807) is 0 Å². The number of likely N-dealkylation sites (tertiary alicyclic amines) is 1. The van der Waals surface area contributed by atoms with Crippen molar-refractivity contribution in [3.05, 3.63) is 35.4 Å². The van der Waals surface area contributed by atoms with E-state index in [0.29, 0.717) is 19.6 Å². The standard InChI is InChI=1S/C23H37N3O2/c1-4-28-20-15-23(24,22(20,2)3)21(27)25-16-18-9-11-19(12-10-18)17-26-13-7-5-6-8-14-26/h9-12,20H,4-8,13-17,24H2,1-3H3,(H,25,27). The summed E-state index contributed by atoms with van der Waals surface area (Å²) in [5.74, 6) is -0.0814. The van der Waals surface area contributed by atoms with Gasteiger partial charge in [0.2, 0.25) is 5.91 Å². The van der Waals surface area contributed by atoms with Gasteiger partial charge in [0, 0.05) is 31.5 Å². The zero-order valence-corrected chi connectivity index (χ0v) is 17.8. The maximum absolute atomic E-state index is 12.7. The lowest BCUT2D eigenvalue weighted by molar-refractivity contribution is -0.170. The highest BCUT2D eigenvalue weighted by atomic mass is 16.5. The predicted octanol–water partition coefficient (Wildman–Crippen LogP) is 3.21. The van der Waals surface area contributed by atoms with Crippen molar-refractivity contribution in [3.63, 3.8) is 0 Å². The van der Waals surface area contributed by atoms with Gasteiger partial charge in [-0.2, -0.15) is 0 Å². The molecule has 1 aliphatic carbocycles. The number of carbonyl (C=O) groups is 1. The molecule has 3 N–H and O–H groups in total. The highest BCUT2D eigenvalue weighted by molar-refractivity contribution is 5.88. The zero-order chi connectivity index (χ0) is 20.2. The fourth-order valence-corrected chi connectivity index (χ4v) is 4.48. The van der Waals surface area contributed by atoms with Gasteiger partial charge in [-0.15, -0.1) is 0 Å². The molecule has 1 saturated heterocycles. The summed E-state index contributed by atoms with van der Waals surface area (Å²) < 4.78 is 5.72. The molecule has 2 unspecified atom stereocenters. The molecule has 5 heteroatoms. The number of nitrogens with two attached hydrogens (primary N) is 1. The summed E-state index contributed by atoms with van der Waals surface area (Å²) in [4.78, 5) is 15.3. The van der Waals surface area contributed by atoms with Gasteiger partial charge in [0.25, 0.3) is 0 Å². The predicted molar refractivity (Wildman–Crippen MR) is 113 cm³/mol. The molecule has 2 atom stereocenters. The third-order valence-corrected chi connectivity index (χ3v) is 6.82. The van der Waals surface area contributed by atoms with Gasteiger partial charge in [0.15, 0.2) is 0 Å². The number of rotatable bonds is 7. The Morgan fingerprint density at radius 3 is 2.32 bits per heavy atom. The van der Waals surface area contributed by atoms with Gasteiger partial charge >= 0.3 is 0 Å². The van der Waals surface area contributed by atoms with Crippen LogP contribution in [0.5, 0.6) is 0 Å². The Balaban J connectivity index is 1.50. The normalized spacial score (nSPS) is 27.6. The summed E-state index contributed by atoms with van der Waals surface area (Å²) in [7, 11) is 0. The van der Waals surface area contributed by atoms with Crippen LogP contribution >= 0.6 is 0 Å². The monoisotopic (exact) mass is 387 g/mol. The molecule has 1 aromatic carbocycles. The molecule has 0 spiro atoms. The Morgan fingerprint density at radius 2 is 1.75 bits per heavy atom. The summed E-state index contributed by atoms with van der Waals surface area (Å²) in [5, 5.41) is 3.04. The molecule has 28 heavy (non-hydrogen) atoms. The molecule has 0 bridgehead atoms. The zero-order valence-electron chi connectivity index (χ0n) is 17.8. The second-order valence-electron chi connectivity index (χ2n) is 9.03. The van der Waals surface area contributed by atoms with Crippen molar-refractivity contribution in [2.45, 2.75) is 77.6 Å². The van der Waals surface area contributed by atoms with Crippen LogP contribution in [0.3, 0.4) is 0 Å². The van der Waals surface area contributed by atoms with E-state index in [1.165, 1.54) is 44.3 Å². The smallest absolute Gasteiger partial charge is 0.241 e. The first-order valence-electron chi connectivity index (χ1n) is 10.9. The highest BCUT2D eigenvalue weighted by Crippen LogP contribution is 2.49. The fourth-order valence-electron chi connectivity index (χ4n) is 4.48. The number of nitrogens with zero attached hydrogens (tertiary/aromatic N) is 1. The van der Waals surface area contributed by atoms with Crippen LogP contribution in [0.1, 0.15) is 64.0 Å². The first-order chi connectivity index (χ1) is 13.4. The molecule has 1 aromatic rings. The molecule has 2 aliphatic rings. The molecule has 3 rings (SSSR count).